The van der Waals surface area contributed by atoms with Crippen molar-refractivity contribution in [2.75, 3.05) is 39.1 Å². The van der Waals surface area contributed by atoms with Crippen LogP contribution in [0.25, 0.3) is 0 Å². The quantitative estimate of drug-likeness (QED) is 0.298. The number of thioether (sulfide) groups is 1. The molecule has 0 saturated heterocycles. The Morgan fingerprint density at radius 1 is 1.22 bits per heavy atom. The smallest absolute Gasteiger partial charge is 0.191 e. The lowest BCUT2D eigenvalue weighted by Gasteiger charge is -2.12. The van der Waals surface area contributed by atoms with Crippen molar-refractivity contribution in [2.45, 2.75) is 31.1 Å². The van der Waals surface area contributed by atoms with Gasteiger partial charge in [-0.15, -0.1) is 11.8 Å². The summed E-state index contributed by atoms with van der Waals surface area (Å²) >= 11 is 1.86. The van der Waals surface area contributed by atoms with Gasteiger partial charge in [0.1, 0.15) is 0 Å². The van der Waals surface area contributed by atoms with E-state index in [4.69, 9.17) is 4.74 Å². The topological polar surface area (TPSA) is 45.7 Å². The summed E-state index contributed by atoms with van der Waals surface area (Å²) in [5.74, 6) is 2.74. The monoisotopic (exact) mass is 335 g/mol. The number of hydrogen-bond donors (Lipinski definition) is 2. The zero-order chi connectivity index (χ0) is 16.3. The molecule has 5 heteroatoms. The molecule has 0 unspecified atom stereocenters. The second-order valence-electron chi connectivity index (χ2n) is 5.96. The molecule has 1 aliphatic rings. The van der Waals surface area contributed by atoms with E-state index in [0.29, 0.717) is 0 Å². The normalized spacial score (nSPS) is 14.8. The Kier molecular flexibility index (Phi) is 8.32. The van der Waals surface area contributed by atoms with Crippen molar-refractivity contribution in [3.05, 3.63) is 29.8 Å². The molecule has 0 heterocycles. The fourth-order valence-electron chi connectivity index (χ4n) is 2.11. The highest BCUT2D eigenvalue weighted by atomic mass is 32.2. The molecule has 1 aromatic rings. The average Bonchev–Trinajstić information content (AvgIpc) is 3.38. The van der Waals surface area contributed by atoms with Gasteiger partial charge in [0.15, 0.2) is 5.96 Å². The molecule has 0 spiro atoms. The van der Waals surface area contributed by atoms with Crippen LogP contribution in [0.15, 0.2) is 34.2 Å². The maximum atomic E-state index is 5.63. The lowest BCUT2D eigenvalue weighted by molar-refractivity contribution is 0.123. The van der Waals surface area contributed by atoms with Crippen molar-refractivity contribution in [2.24, 2.45) is 10.9 Å². The highest BCUT2D eigenvalue weighted by Crippen LogP contribution is 2.28. The molecular weight excluding hydrogens is 306 g/mol. The Bertz CT molecular complexity index is 472. The highest BCUT2D eigenvalue weighted by Gasteiger charge is 2.20. The number of nitrogens with zero attached hydrogens (tertiary/aromatic N) is 1. The van der Waals surface area contributed by atoms with E-state index in [0.717, 1.165) is 50.4 Å². The zero-order valence-corrected chi connectivity index (χ0v) is 15.1. The van der Waals surface area contributed by atoms with Crippen LogP contribution >= 0.6 is 11.8 Å². The van der Waals surface area contributed by atoms with Crippen LogP contribution in [-0.2, 0) is 4.74 Å². The van der Waals surface area contributed by atoms with Crippen LogP contribution in [0.5, 0.6) is 0 Å². The van der Waals surface area contributed by atoms with Crippen LogP contribution in [0.4, 0.5) is 0 Å². The second-order valence-corrected chi connectivity index (χ2v) is 7.13. The number of aryl methyl sites for hydroxylation is 1. The van der Waals surface area contributed by atoms with Gasteiger partial charge in [-0.05, 0) is 44.2 Å². The molecule has 128 valence electrons. The number of aliphatic imine (C=N–C) groups is 1. The number of benzene rings is 1. The van der Waals surface area contributed by atoms with Crippen molar-refractivity contribution in [3.63, 3.8) is 0 Å². The number of hydrogen-bond acceptors (Lipinski definition) is 3. The van der Waals surface area contributed by atoms with Crippen LogP contribution in [0.3, 0.4) is 0 Å². The molecular formula is C18H29N3OS. The molecule has 1 saturated carbocycles. The van der Waals surface area contributed by atoms with E-state index < -0.39 is 0 Å². The Labute approximate surface area is 144 Å². The molecule has 0 aliphatic heterocycles. The maximum Gasteiger partial charge on any atom is 0.191 e. The van der Waals surface area contributed by atoms with Gasteiger partial charge in [0.2, 0.25) is 0 Å². The van der Waals surface area contributed by atoms with Crippen molar-refractivity contribution in [3.8, 4) is 0 Å². The summed E-state index contributed by atoms with van der Waals surface area (Å²) in [6, 6.07) is 8.66. The molecule has 0 amide bonds. The minimum absolute atomic E-state index is 0.837. The molecule has 0 bridgehead atoms. The molecule has 2 N–H and O–H groups in total. The predicted molar refractivity (Wildman–Crippen MR) is 99.4 cm³/mol. The first kappa shape index (κ1) is 18.1. The number of rotatable bonds is 10. The van der Waals surface area contributed by atoms with Gasteiger partial charge in [-0.3, -0.25) is 4.99 Å². The number of nitrogens with one attached hydrogen (secondary N) is 2. The third-order valence-corrected chi connectivity index (χ3v) is 4.73. The average molecular weight is 336 g/mol. The minimum Gasteiger partial charge on any atom is -0.381 e. The Morgan fingerprint density at radius 3 is 2.65 bits per heavy atom. The van der Waals surface area contributed by atoms with E-state index >= 15 is 0 Å². The molecule has 2 rings (SSSR count). The van der Waals surface area contributed by atoms with Gasteiger partial charge in [-0.2, -0.15) is 0 Å². The van der Waals surface area contributed by atoms with E-state index in [1.165, 1.54) is 23.3 Å². The van der Waals surface area contributed by atoms with E-state index in [1.807, 2.05) is 18.8 Å². The van der Waals surface area contributed by atoms with E-state index in [9.17, 15) is 0 Å². The summed E-state index contributed by atoms with van der Waals surface area (Å²) in [5.41, 5.74) is 1.30. The van der Waals surface area contributed by atoms with E-state index in [2.05, 4.69) is 46.8 Å². The molecule has 1 aliphatic carbocycles. The first-order chi connectivity index (χ1) is 11.3. The van der Waals surface area contributed by atoms with Crippen molar-refractivity contribution >= 4 is 17.7 Å². The van der Waals surface area contributed by atoms with Crippen LogP contribution in [-0.4, -0.2) is 45.1 Å². The van der Waals surface area contributed by atoms with Gasteiger partial charge in [-0.25, -0.2) is 0 Å². The summed E-state index contributed by atoms with van der Waals surface area (Å²) < 4.78 is 5.63. The lowest BCUT2D eigenvalue weighted by atomic mass is 10.2. The molecule has 0 aromatic heterocycles. The summed E-state index contributed by atoms with van der Waals surface area (Å²) in [5, 5.41) is 6.68. The largest absolute Gasteiger partial charge is 0.381 e. The van der Waals surface area contributed by atoms with Crippen molar-refractivity contribution in [1.82, 2.24) is 10.6 Å². The Hall–Kier alpha value is -1.20. The van der Waals surface area contributed by atoms with Crippen LogP contribution in [0, 0.1) is 12.8 Å². The van der Waals surface area contributed by atoms with Gasteiger partial charge in [0.05, 0.1) is 0 Å². The fourth-order valence-corrected chi connectivity index (χ4v) is 2.88. The van der Waals surface area contributed by atoms with Crippen LogP contribution < -0.4 is 10.6 Å². The summed E-state index contributed by atoms with van der Waals surface area (Å²) in [4.78, 5) is 5.56. The SMILES string of the molecule is CN=C(NCCCOCC1CC1)NCCSc1ccc(C)cc1. The Morgan fingerprint density at radius 2 is 1.96 bits per heavy atom. The van der Waals surface area contributed by atoms with Gasteiger partial charge in [0, 0.05) is 44.0 Å². The zero-order valence-electron chi connectivity index (χ0n) is 14.3. The van der Waals surface area contributed by atoms with Crippen molar-refractivity contribution in [1.29, 1.82) is 0 Å². The Balaban J connectivity index is 1.47. The molecule has 0 radical (unpaired) electrons. The molecule has 0 atom stereocenters. The van der Waals surface area contributed by atoms with E-state index in [1.54, 1.807) is 0 Å². The maximum absolute atomic E-state index is 5.63. The van der Waals surface area contributed by atoms with Gasteiger partial charge in [-0.1, -0.05) is 17.7 Å². The molecule has 1 aromatic carbocycles. The fraction of sp³-hybridized carbons (Fsp3) is 0.611. The summed E-state index contributed by atoms with van der Waals surface area (Å²) in [6.07, 6.45) is 3.73. The summed E-state index contributed by atoms with van der Waals surface area (Å²) in [6.45, 7) is 5.70. The second kappa shape index (κ2) is 10.6. The highest BCUT2D eigenvalue weighted by molar-refractivity contribution is 7.99. The number of guanidine groups is 1. The first-order valence-electron chi connectivity index (χ1n) is 8.49. The minimum atomic E-state index is 0.837. The van der Waals surface area contributed by atoms with Gasteiger partial charge >= 0.3 is 0 Å². The van der Waals surface area contributed by atoms with Crippen LogP contribution in [0.2, 0.25) is 0 Å². The standard InChI is InChI=1S/C18H29N3OS/c1-15-4-8-17(9-5-15)23-13-11-21-18(19-2)20-10-3-12-22-14-16-6-7-16/h4-5,8-9,16H,3,6-7,10-14H2,1-2H3,(H2,19,20,21). The third kappa shape index (κ3) is 8.28. The summed E-state index contributed by atoms with van der Waals surface area (Å²) in [7, 11) is 1.81. The predicted octanol–water partition coefficient (Wildman–Crippen LogP) is 3.07. The number of ether oxygens (including phenoxy) is 1. The van der Waals surface area contributed by atoms with Crippen molar-refractivity contribution < 1.29 is 4.74 Å². The molecule has 23 heavy (non-hydrogen) atoms. The molecule has 4 nitrogen and oxygen atoms in total. The van der Waals surface area contributed by atoms with Gasteiger partial charge < -0.3 is 15.4 Å². The lowest BCUT2D eigenvalue weighted by Crippen LogP contribution is -2.39. The van der Waals surface area contributed by atoms with Gasteiger partial charge in [0.25, 0.3) is 0 Å². The third-order valence-electron chi connectivity index (χ3n) is 3.72. The molecule has 1 fully saturated rings. The first-order valence-corrected chi connectivity index (χ1v) is 9.48. The van der Waals surface area contributed by atoms with Crippen LogP contribution in [0.1, 0.15) is 24.8 Å². The van der Waals surface area contributed by atoms with E-state index in [-0.39, 0.29) is 0 Å².